The number of Topliss-reactive ketones (excluding diaryl/α,β-unsaturated/α-hetero) is 2. The minimum absolute atomic E-state index is 0.211. The van der Waals surface area contributed by atoms with E-state index < -0.39 is 23.4 Å². The first-order valence-corrected chi connectivity index (χ1v) is 10.0. The predicted molar refractivity (Wildman–Crippen MR) is 112 cm³/mol. The summed E-state index contributed by atoms with van der Waals surface area (Å²) < 4.78 is 6.16. The van der Waals surface area contributed by atoms with Gasteiger partial charge in [-0.1, -0.05) is 11.6 Å². The number of nitrogens with zero attached hydrogens (tertiary/aromatic N) is 2. The van der Waals surface area contributed by atoms with Crippen molar-refractivity contribution in [2.75, 3.05) is 7.05 Å². The van der Waals surface area contributed by atoms with Crippen LogP contribution in [-0.2, 0) is 9.53 Å². The Bertz CT molecular complexity index is 801. The van der Waals surface area contributed by atoms with Crippen LogP contribution in [0.3, 0.4) is 0 Å². The van der Waals surface area contributed by atoms with Gasteiger partial charge in [0.15, 0.2) is 5.78 Å². The number of hydrogen-bond acceptors (Lipinski definition) is 5. The van der Waals surface area contributed by atoms with Gasteiger partial charge in [0, 0.05) is 22.6 Å². The number of rotatable bonds is 3. The number of halogens is 2. The Hall–Kier alpha value is -1.48. The van der Waals surface area contributed by atoms with Crippen LogP contribution in [0, 0.1) is 9.49 Å². The Balaban J connectivity index is 2.32. The topological polar surface area (TPSA) is 76.0 Å². The van der Waals surface area contributed by atoms with Crippen LogP contribution in [0.4, 0.5) is 4.79 Å². The monoisotopic (exact) mass is 504 g/mol. The Morgan fingerprint density at radius 2 is 1.96 bits per heavy atom. The smallest absolute Gasteiger partial charge is 0.430 e. The van der Waals surface area contributed by atoms with Crippen molar-refractivity contribution < 1.29 is 19.1 Å². The van der Waals surface area contributed by atoms with Crippen LogP contribution >= 0.6 is 34.2 Å². The van der Waals surface area contributed by atoms with Crippen LogP contribution in [-0.4, -0.2) is 41.0 Å². The molecule has 6 nitrogen and oxygen atoms in total. The van der Waals surface area contributed by atoms with Crippen LogP contribution in [0.15, 0.2) is 23.3 Å². The van der Waals surface area contributed by atoms with E-state index in [9.17, 15) is 14.4 Å². The van der Waals surface area contributed by atoms with E-state index in [0.717, 1.165) is 8.58 Å². The van der Waals surface area contributed by atoms with E-state index in [1.807, 2.05) is 0 Å². The summed E-state index contributed by atoms with van der Waals surface area (Å²) in [6.45, 7) is 5.25. The van der Waals surface area contributed by atoms with Gasteiger partial charge in [-0.15, -0.1) is 0 Å². The number of carbonyl (C=O) groups is 3. The molecule has 0 radical (unpaired) electrons. The minimum atomic E-state index is -1.03. The SMILES string of the molecule is CN(/N=C1/CCCC(=O)C1C(=O)c1ccc(I)cc1Cl)C(=O)OC(C)(C)C. The van der Waals surface area contributed by atoms with Crippen molar-refractivity contribution in [1.82, 2.24) is 5.01 Å². The van der Waals surface area contributed by atoms with Gasteiger partial charge < -0.3 is 4.74 Å². The second kappa shape index (κ2) is 8.68. The molecule has 0 spiro atoms. The number of ketones is 2. The highest BCUT2D eigenvalue weighted by molar-refractivity contribution is 14.1. The third kappa shape index (κ3) is 5.75. The summed E-state index contributed by atoms with van der Waals surface area (Å²) in [7, 11) is 1.44. The molecule has 0 aromatic heterocycles. The van der Waals surface area contributed by atoms with Crippen LogP contribution in [0.1, 0.15) is 50.4 Å². The van der Waals surface area contributed by atoms with E-state index in [1.165, 1.54) is 7.05 Å². The average Bonchev–Trinajstić information content (AvgIpc) is 2.52. The van der Waals surface area contributed by atoms with Gasteiger partial charge >= 0.3 is 6.09 Å². The normalized spacial score (nSPS) is 19.1. The van der Waals surface area contributed by atoms with E-state index >= 15 is 0 Å². The molecule has 1 aliphatic carbocycles. The third-order valence-electron chi connectivity index (χ3n) is 3.91. The minimum Gasteiger partial charge on any atom is -0.442 e. The molecule has 1 aliphatic rings. The lowest BCUT2D eigenvalue weighted by molar-refractivity contribution is -0.120. The molecule has 1 amide bonds. The van der Waals surface area contributed by atoms with Gasteiger partial charge in [-0.2, -0.15) is 5.10 Å². The summed E-state index contributed by atoms with van der Waals surface area (Å²) >= 11 is 8.30. The molecule has 1 fully saturated rings. The Labute approximate surface area is 177 Å². The summed E-state index contributed by atoms with van der Waals surface area (Å²) in [6.07, 6.45) is 0.695. The maximum Gasteiger partial charge on any atom is 0.430 e. The zero-order chi connectivity index (χ0) is 20.4. The van der Waals surface area contributed by atoms with E-state index in [0.29, 0.717) is 30.0 Å². The van der Waals surface area contributed by atoms with Crippen LogP contribution in [0.2, 0.25) is 5.02 Å². The van der Waals surface area contributed by atoms with Gasteiger partial charge in [-0.3, -0.25) is 9.59 Å². The molecule has 1 aromatic rings. The molecule has 0 saturated heterocycles. The zero-order valence-corrected chi connectivity index (χ0v) is 18.6. The fourth-order valence-electron chi connectivity index (χ4n) is 2.73. The first-order valence-electron chi connectivity index (χ1n) is 8.55. The van der Waals surface area contributed by atoms with Crippen molar-refractivity contribution >= 4 is 57.6 Å². The van der Waals surface area contributed by atoms with Crippen LogP contribution < -0.4 is 0 Å². The third-order valence-corrected chi connectivity index (χ3v) is 4.89. The van der Waals surface area contributed by atoms with E-state index in [2.05, 4.69) is 27.7 Å². The van der Waals surface area contributed by atoms with Gasteiger partial charge in [0.05, 0.1) is 10.7 Å². The zero-order valence-electron chi connectivity index (χ0n) is 15.7. The average molecular weight is 505 g/mol. The number of ether oxygens (including phenoxy) is 1. The molecule has 1 unspecified atom stereocenters. The quantitative estimate of drug-likeness (QED) is 0.258. The van der Waals surface area contributed by atoms with Crippen molar-refractivity contribution in [3.63, 3.8) is 0 Å². The number of amides is 1. The van der Waals surface area contributed by atoms with Crippen molar-refractivity contribution in [3.8, 4) is 0 Å². The van der Waals surface area contributed by atoms with Crippen molar-refractivity contribution in [1.29, 1.82) is 0 Å². The van der Waals surface area contributed by atoms with Crippen LogP contribution in [0.5, 0.6) is 0 Å². The molecule has 1 aromatic carbocycles. The lowest BCUT2D eigenvalue weighted by Crippen LogP contribution is -2.38. The molecule has 2 rings (SSSR count). The summed E-state index contributed by atoms with van der Waals surface area (Å²) in [5.41, 5.74) is -0.0260. The summed E-state index contributed by atoms with van der Waals surface area (Å²) in [5, 5.41) is 5.57. The standard InChI is InChI=1S/C19H22ClIN2O4/c1-19(2,3)27-18(26)23(4)22-14-6-5-7-15(24)16(14)17(25)12-9-8-11(21)10-13(12)20/h8-10,16H,5-7H2,1-4H3/b22-14-. The van der Waals surface area contributed by atoms with Gasteiger partial charge in [-0.05, 0) is 74.4 Å². The van der Waals surface area contributed by atoms with E-state index in [-0.39, 0.29) is 11.3 Å². The summed E-state index contributed by atoms with van der Waals surface area (Å²) in [4.78, 5) is 37.7. The van der Waals surface area contributed by atoms with Gasteiger partial charge in [0.25, 0.3) is 0 Å². The van der Waals surface area contributed by atoms with Crippen LogP contribution in [0.25, 0.3) is 0 Å². The highest BCUT2D eigenvalue weighted by Crippen LogP contribution is 2.27. The van der Waals surface area contributed by atoms with Crippen molar-refractivity contribution in [3.05, 3.63) is 32.4 Å². The summed E-state index contributed by atoms with van der Waals surface area (Å²) in [5.74, 6) is -1.63. The molecule has 27 heavy (non-hydrogen) atoms. The fourth-order valence-corrected chi connectivity index (χ4v) is 3.68. The molecule has 0 bridgehead atoms. The highest BCUT2D eigenvalue weighted by atomic mass is 127. The van der Waals surface area contributed by atoms with Gasteiger partial charge in [-0.25, -0.2) is 9.80 Å². The number of hydrazone groups is 1. The molecule has 0 aliphatic heterocycles. The highest BCUT2D eigenvalue weighted by Gasteiger charge is 2.36. The molecule has 0 N–H and O–H groups in total. The molecule has 1 saturated carbocycles. The maximum absolute atomic E-state index is 13.0. The van der Waals surface area contributed by atoms with Gasteiger partial charge in [0.2, 0.25) is 0 Å². The first kappa shape index (κ1) is 21.8. The second-order valence-corrected chi connectivity index (χ2v) is 8.99. The largest absolute Gasteiger partial charge is 0.442 e. The number of hydrogen-bond donors (Lipinski definition) is 0. The lowest BCUT2D eigenvalue weighted by atomic mass is 9.81. The molecule has 1 atom stereocenters. The maximum atomic E-state index is 13.0. The number of benzene rings is 1. The molecular weight excluding hydrogens is 483 g/mol. The first-order chi connectivity index (χ1) is 12.5. The number of carbonyl (C=O) groups excluding carboxylic acids is 3. The van der Waals surface area contributed by atoms with Crippen molar-refractivity contribution in [2.45, 2.75) is 45.6 Å². The Morgan fingerprint density at radius 1 is 1.30 bits per heavy atom. The molecule has 8 heteroatoms. The molecule has 0 heterocycles. The van der Waals surface area contributed by atoms with E-state index in [1.54, 1.807) is 39.0 Å². The Morgan fingerprint density at radius 3 is 2.56 bits per heavy atom. The molecular formula is C19H22ClIN2O4. The Kier molecular flexibility index (Phi) is 7.02. The fraction of sp³-hybridized carbons (Fsp3) is 0.474. The predicted octanol–water partition coefficient (Wildman–Crippen LogP) is 4.72. The van der Waals surface area contributed by atoms with Gasteiger partial charge in [0.1, 0.15) is 17.3 Å². The van der Waals surface area contributed by atoms with Crippen molar-refractivity contribution in [2.24, 2.45) is 11.0 Å². The molecule has 146 valence electrons. The second-order valence-electron chi connectivity index (χ2n) is 7.34. The summed E-state index contributed by atoms with van der Waals surface area (Å²) in [6, 6.07) is 5.05. The van der Waals surface area contributed by atoms with E-state index in [4.69, 9.17) is 16.3 Å². The lowest BCUT2D eigenvalue weighted by Gasteiger charge is -2.26.